The second-order valence-corrected chi connectivity index (χ2v) is 7.90. The van der Waals surface area contributed by atoms with Gasteiger partial charge in [0, 0.05) is 5.56 Å². The van der Waals surface area contributed by atoms with Crippen LogP contribution < -0.4 is 0 Å². The second-order valence-electron chi connectivity index (χ2n) is 5.09. The van der Waals surface area contributed by atoms with Crippen molar-refractivity contribution in [3.63, 3.8) is 0 Å². The lowest BCUT2D eigenvalue weighted by Crippen LogP contribution is -2.15. The smallest absolute Gasteiger partial charge is 0.295 e. The summed E-state index contributed by atoms with van der Waals surface area (Å²) < 4.78 is 62.5. The maximum absolute atomic E-state index is 11.3. The van der Waals surface area contributed by atoms with Gasteiger partial charge in [0.2, 0.25) is 0 Å². The Bertz CT molecular complexity index is 758. The summed E-state index contributed by atoms with van der Waals surface area (Å²) in [4.78, 5) is 3.65. The standard InChI is InChI=1S/C11H15NO7S2/c1-11(2,3)19-12-7-8-4-5-9(20(13,14)15)6-10(8)21(16,17)18/h4-7H,1-3H3,(H,13,14,15)(H,16,17,18)/b12-7-. The molecule has 1 aromatic rings. The maximum Gasteiger partial charge on any atom is 0.295 e. The van der Waals surface area contributed by atoms with Gasteiger partial charge < -0.3 is 4.84 Å². The van der Waals surface area contributed by atoms with Crippen molar-refractivity contribution in [2.75, 3.05) is 0 Å². The van der Waals surface area contributed by atoms with Crippen LogP contribution in [-0.2, 0) is 25.1 Å². The van der Waals surface area contributed by atoms with Gasteiger partial charge in [-0.2, -0.15) is 16.8 Å². The molecule has 0 saturated carbocycles. The van der Waals surface area contributed by atoms with Gasteiger partial charge >= 0.3 is 0 Å². The Morgan fingerprint density at radius 3 is 2.10 bits per heavy atom. The first-order chi connectivity index (χ1) is 9.31. The highest BCUT2D eigenvalue weighted by atomic mass is 32.2. The van der Waals surface area contributed by atoms with Gasteiger partial charge in [-0.25, -0.2) is 0 Å². The molecule has 0 saturated heterocycles. The average molecular weight is 337 g/mol. The van der Waals surface area contributed by atoms with E-state index < -0.39 is 35.6 Å². The summed E-state index contributed by atoms with van der Waals surface area (Å²) in [6.45, 7) is 5.15. The molecule has 10 heteroatoms. The van der Waals surface area contributed by atoms with Gasteiger partial charge in [0.05, 0.1) is 11.1 Å². The highest BCUT2D eigenvalue weighted by Gasteiger charge is 2.20. The molecule has 0 fully saturated rings. The predicted octanol–water partition coefficient (Wildman–Crippen LogP) is 1.33. The summed E-state index contributed by atoms with van der Waals surface area (Å²) >= 11 is 0. The summed E-state index contributed by atoms with van der Waals surface area (Å²) in [5.41, 5.74) is -0.697. The Hall–Kier alpha value is -1.49. The summed E-state index contributed by atoms with van der Waals surface area (Å²) in [5.74, 6) is 0. The molecule has 0 bridgehead atoms. The van der Waals surface area contributed by atoms with Gasteiger partial charge in [-0.05, 0) is 32.9 Å². The zero-order valence-corrected chi connectivity index (χ0v) is 13.1. The van der Waals surface area contributed by atoms with Crippen LogP contribution in [0, 0.1) is 0 Å². The highest BCUT2D eigenvalue weighted by molar-refractivity contribution is 7.86. The molecule has 21 heavy (non-hydrogen) atoms. The van der Waals surface area contributed by atoms with Crippen molar-refractivity contribution in [2.24, 2.45) is 5.16 Å². The monoisotopic (exact) mass is 337 g/mol. The molecular formula is C11H15NO7S2. The molecule has 0 spiro atoms. The van der Waals surface area contributed by atoms with E-state index in [9.17, 15) is 16.8 Å². The summed E-state index contributed by atoms with van der Waals surface area (Å²) in [6.07, 6.45) is 1.02. The fourth-order valence-electron chi connectivity index (χ4n) is 1.25. The summed E-state index contributed by atoms with van der Waals surface area (Å²) in [7, 11) is -9.30. The first-order valence-corrected chi connectivity index (χ1v) is 8.49. The highest BCUT2D eigenvalue weighted by Crippen LogP contribution is 2.19. The molecule has 0 atom stereocenters. The lowest BCUT2D eigenvalue weighted by atomic mass is 10.2. The van der Waals surface area contributed by atoms with Crippen LogP contribution in [0.4, 0.5) is 0 Å². The number of hydrogen-bond donors (Lipinski definition) is 2. The number of rotatable bonds is 4. The third-order valence-electron chi connectivity index (χ3n) is 2.08. The Kier molecular flexibility index (Phi) is 4.78. The molecule has 0 amide bonds. The third kappa shape index (κ3) is 5.42. The van der Waals surface area contributed by atoms with Crippen molar-refractivity contribution in [1.82, 2.24) is 0 Å². The first kappa shape index (κ1) is 17.6. The summed E-state index contributed by atoms with van der Waals surface area (Å²) in [6, 6.07) is 2.67. The molecule has 0 aliphatic rings. The van der Waals surface area contributed by atoms with E-state index in [2.05, 4.69) is 5.16 Å². The first-order valence-electron chi connectivity index (χ1n) is 5.61. The van der Waals surface area contributed by atoms with E-state index in [0.717, 1.165) is 18.3 Å². The Morgan fingerprint density at radius 2 is 1.67 bits per heavy atom. The van der Waals surface area contributed by atoms with Crippen molar-refractivity contribution in [2.45, 2.75) is 36.2 Å². The van der Waals surface area contributed by atoms with E-state index in [4.69, 9.17) is 13.9 Å². The third-order valence-corrected chi connectivity index (χ3v) is 3.84. The van der Waals surface area contributed by atoms with Gasteiger partial charge in [0.25, 0.3) is 20.2 Å². The molecule has 0 aliphatic carbocycles. The number of hydrogen-bond acceptors (Lipinski definition) is 6. The lowest BCUT2D eigenvalue weighted by Gasteiger charge is -2.15. The molecule has 0 radical (unpaired) electrons. The predicted molar refractivity (Wildman–Crippen MR) is 74.5 cm³/mol. The van der Waals surface area contributed by atoms with E-state index >= 15 is 0 Å². The minimum absolute atomic E-state index is 0.0887. The number of benzene rings is 1. The van der Waals surface area contributed by atoms with Gasteiger partial charge in [-0.1, -0.05) is 11.2 Å². The normalized spacial score (nSPS) is 13.6. The minimum atomic E-state index is -4.70. The molecule has 118 valence electrons. The zero-order valence-electron chi connectivity index (χ0n) is 11.5. The fraction of sp³-hybridized carbons (Fsp3) is 0.364. The number of oxime groups is 1. The van der Waals surface area contributed by atoms with Crippen molar-refractivity contribution >= 4 is 26.5 Å². The van der Waals surface area contributed by atoms with Crippen molar-refractivity contribution < 1.29 is 30.8 Å². The van der Waals surface area contributed by atoms with Crippen LogP contribution in [0.5, 0.6) is 0 Å². The molecule has 0 unspecified atom stereocenters. The number of nitrogens with zero attached hydrogens (tertiary/aromatic N) is 1. The van der Waals surface area contributed by atoms with Crippen LogP contribution >= 0.6 is 0 Å². The van der Waals surface area contributed by atoms with E-state index in [1.807, 2.05) is 0 Å². The summed E-state index contributed by atoms with van der Waals surface area (Å²) in [5, 5.41) is 3.57. The van der Waals surface area contributed by atoms with Gasteiger partial charge in [-0.15, -0.1) is 0 Å². The van der Waals surface area contributed by atoms with Crippen LogP contribution in [0.3, 0.4) is 0 Å². The maximum atomic E-state index is 11.3. The van der Waals surface area contributed by atoms with Crippen LogP contribution in [0.1, 0.15) is 26.3 Å². The van der Waals surface area contributed by atoms with Gasteiger partial charge in [-0.3, -0.25) is 9.11 Å². The topological polar surface area (TPSA) is 130 Å². The quantitative estimate of drug-likeness (QED) is 0.481. The van der Waals surface area contributed by atoms with Gasteiger partial charge in [0.1, 0.15) is 10.5 Å². The largest absolute Gasteiger partial charge is 0.390 e. The fourth-order valence-corrected chi connectivity index (χ4v) is 2.52. The molecule has 0 aliphatic heterocycles. The molecule has 0 aromatic heterocycles. The average Bonchev–Trinajstić information content (AvgIpc) is 2.24. The van der Waals surface area contributed by atoms with Crippen LogP contribution in [-0.4, -0.2) is 37.8 Å². The van der Waals surface area contributed by atoms with E-state index in [1.54, 1.807) is 20.8 Å². The van der Waals surface area contributed by atoms with E-state index in [-0.39, 0.29) is 5.56 Å². The molecular weight excluding hydrogens is 322 g/mol. The van der Waals surface area contributed by atoms with Crippen molar-refractivity contribution in [3.8, 4) is 0 Å². The van der Waals surface area contributed by atoms with Gasteiger partial charge in [0.15, 0.2) is 0 Å². The van der Waals surface area contributed by atoms with Crippen molar-refractivity contribution in [3.05, 3.63) is 23.8 Å². The van der Waals surface area contributed by atoms with Crippen LogP contribution in [0.2, 0.25) is 0 Å². The lowest BCUT2D eigenvalue weighted by molar-refractivity contribution is 0.00197. The van der Waals surface area contributed by atoms with E-state index in [0.29, 0.717) is 6.07 Å². The molecule has 1 rings (SSSR count). The molecule has 8 nitrogen and oxygen atoms in total. The molecule has 2 N–H and O–H groups in total. The van der Waals surface area contributed by atoms with Crippen molar-refractivity contribution in [1.29, 1.82) is 0 Å². The zero-order chi connectivity index (χ0) is 16.5. The van der Waals surface area contributed by atoms with Crippen LogP contribution in [0.15, 0.2) is 33.1 Å². The Labute approximate surface area is 122 Å². The van der Waals surface area contributed by atoms with E-state index in [1.165, 1.54) is 0 Å². The Morgan fingerprint density at radius 1 is 1.10 bits per heavy atom. The minimum Gasteiger partial charge on any atom is -0.390 e. The molecule has 1 aromatic carbocycles. The molecule has 0 heterocycles. The second kappa shape index (κ2) is 5.72. The SMILES string of the molecule is CC(C)(C)O/N=C\c1ccc(S(=O)(=O)O)cc1S(=O)(=O)O. The van der Waals surface area contributed by atoms with Crippen LogP contribution in [0.25, 0.3) is 0 Å². The Balaban J connectivity index is 3.35.